The zero-order valence-electron chi connectivity index (χ0n) is 11.8. The molecule has 3 rings (SSSR count). The Balaban J connectivity index is 0.00000208. The number of nitrogens with one attached hydrogen (secondary N) is 1. The van der Waals surface area contributed by atoms with Crippen LogP contribution in [0.3, 0.4) is 0 Å². The summed E-state index contributed by atoms with van der Waals surface area (Å²) >= 11 is 6.03. The monoisotopic (exact) mass is 372 g/mol. The van der Waals surface area contributed by atoms with E-state index in [0.717, 1.165) is 0 Å². The van der Waals surface area contributed by atoms with E-state index in [9.17, 15) is 20.1 Å². The molecule has 0 fully saturated rings. The van der Waals surface area contributed by atoms with Gasteiger partial charge < -0.3 is 20.6 Å². The Hall–Kier alpha value is -0.774. The fraction of sp³-hybridized carbons (Fsp3) is 0.125. The number of carboxylic acid groups (broad SMARTS) is 1. The Morgan fingerprint density at radius 2 is 1.83 bits per heavy atom. The predicted octanol–water partition coefficient (Wildman–Crippen LogP) is 1.05. The van der Waals surface area contributed by atoms with Gasteiger partial charge in [-0.2, -0.15) is 0 Å². The van der Waals surface area contributed by atoms with Crippen molar-refractivity contribution in [3.63, 3.8) is 0 Å². The molecule has 6 nitrogen and oxygen atoms in total. The van der Waals surface area contributed by atoms with Crippen molar-refractivity contribution in [3.8, 4) is 0 Å². The van der Waals surface area contributed by atoms with Gasteiger partial charge >= 0.3 is 57.4 Å². The van der Waals surface area contributed by atoms with Gasteiger partial charge in [-0.15, -0.1) is 0 Å². The van der Waals surface area contributed by atoms with Crippen molar-refractivity contribution in [1.29, 1.82) is 0 Å². The van der Waals surface area contributed by atoms with E-state index < -0.39 is 17.9 Å². The van der Waals surface area contributed by atoms with Crippen molar-refractivity contribution in [3.05, 3.63) is 64.7 Å². The molecule has 1 unspecified atom stereocenters. The van der Waals surface area contributed by atoms with Crippen LogP contribution in [0.5, 0.6) is 0 Å². The first-order chi connectivity index (χ1) is 10.9. The minimum atomic E-state index is -2.73. The van der Waals surface area contributed by atoms with Crippen LogP contribution in [0.2, 0.25) is 5.02 Å². The normalized spacial score (nSPS) is 18.3. The fourth-order valence-corrected chi connectivity index (χ4v) is 2.60. The van der Waals surface area contributed by atoms with E-state index in [0.29, 0.717) is 27.5 Å². The topological polar surface area (TPSA) is 102 Å². The van der Waals surface area contributed by atoms with Crippen LogP contribution in [0.4, 0.5) is 5.69 Å². The van der Waals surface area contributed by atoms with Crippen LogP contribution in [0, 0.1) is 0 Å². The third kappa shape index (κ3) is 3.89. The van der Waals surface area contributed by atoms with Crippen molar-refractivity contribution in [2.45, 2.75) is 12.0 Å². The molecule has 0 aliphatic carbocycles. The SMILES string of the molecule is O=C(O)C1N=C(c2ccccc2)c2cc(Cl)ccc2NC1(O)O.[KH]. The average Bonchev–Trinajstić information content (AvgIpc) is 2.61. The molecule has 2 aromatic carbocycles. The molecule has 0 saturated heterocycles. The fourth-order valence-electron chi connectivity index (χ4n) is 2.43. The number of carbonyl (C=O) groups is 1. The standard InChI is InChI=1S/C16H13ClN2O4.K.H/c17-10-6-7-12-11(8-10)13(9-4-2-1-3-5-9)18-14(15(20)21)16(22,23)19-12;;/h1-8,14,19,22-23H,(H,20,21);;. The summed E-state index contributed by atoms with van der Waals surface area (Å²) in [5.74, 6) is -4.19. The number of benzene rings is 2. The molecule has 1 aliphatic heterocycles. The molecule has 0 saturated carbocycles. The summed E-state index contributed by atoms with van der Waals surface area (Å²) in [6.07, 6.45) is 0. The molecule has 0 amide bonds. The number of hydrogen-bond donors (Lipinski definition) is 4. The Morgan fingerprint density at radius 1 is 1.17 bits per heavy atom. The van der Waals surface area contributed by atoms with E-state index in [-0.39, 0.29) is 51.4 Å². The molecular weight excluding hydrogens is 359 g/mol. The van der Waals surface area contributed by atoms with Crippen LogP contribution < -0.4 is 5.32 Å². The summed E-state index contributed by atoms with van der Waals surface area (Å²) in [4.78, 5) is 15.5. The second-order valence-corrected chi connectivity index (χ2v) is 5.56. The van der Waals surface area contributed by atoms with Crippen LogP contribution in [0.1, 0.15) is 11.1 Å². The number of carboxylic acids is 1. The predicted molar refractivity (Wildman–Crippen MR) is 92.9 cm³/mol. The molecule has 1 heterocycles. The van der Waals surface area contributed by atoms with Crippen LogP contribution >= 0.6 is 11.6 Å². The van der Waals surface area contributed by atoms with E-state index in [4.69, 9.17) is 11.6 Å². The molecule has 8 heteroatoms. The van der Waals surface area contributed by atoms with Gasteiger partial charge in [-0.1, -0.05) is 41.9 Å². The van der Waals surface area contributed by atoms with Gasteiger partial charge in [-0.3, -0.25) is 4.99 Å². The zero-order chi connectivity index (χ0) is 16.6. The first kappa shape index (κ1) is 19.5. The molecule has 0 aromatic heterocycles. The summed E-state index contributed by atoms with van der Waals surface area (Å²) < 4.78 is 0. The van der Waals surface area contributed by atoms with Gasteiger partial charge in [0, 0.05) is 21.8 Å². The molecule has 24 heavy (non-hydrogen) atoms. The first-order valence-electron chi connectivity index (χ1n) is 6.77. The summed E-state index contributed by atoms with van der Waals surface area (Å²) in [5, 5.41) is 32.3. The van der Waals surface area contributed by atoms with Crippen molar-refractivity contribution in [2.75, 3.05) is 5.32 Å². The molecular formula is C16H14ClKN2O4. The summed E-state index contributed by atoms with van der Waals surface area (Å²) in [5.41, 5.74) is 1.76. The van der Waals surface area contributed by atoms with Crippen molar-refractivity contribution >= 4 is 80.4 Å². The number of benzodiazepines with no additional fused rings is 1. The number of rotatable bonds is 2. The van der Waals surface area contributed by atoms with Gasteiger partial charge in [0.1, 0.15) is 0 Å². The second-order valence-electron chi connectivity index (χ2n) is 5.13. The second kappa shape index (κ2) is 7.63. The number of fused-ring (bicyclic) bond motifs is 1. The van der Waals surface area contributed by atoms with Crippen LogP contribution in [0.15, 0.2) is 53.5 Å². The van der Waals surface area contributed by atoms with E-state index in [1.807, 2.05) is 6.07 Å². The maximum atomic E-state index is 11.4. The van der Waals surface area contributed by atoms with E-state index in [2.05, 4.69) is 10.3 Å². The Bertz CT molecular complexity index is 796. The summed E-state index contributed by atoms with van der Waals surface area (Å²) in [6, 6.07) is 11.8. The molecule has 4 N–H and O–H groups in total. The molecule has 120 valence electrons. The Morgan fingerprint density at radius 3 is 2.46 bits per heavy atom. The van der Waals surface area contributed by atoms with Gasteiger partial charge in [0.25, 0.3) is 5.91 Å². The number of aliphatic carboxylic acids is 1. The molecule has 1 atom stereocenters. The summed E-state index contributed by atoms with van der Waals surface area (Å²) in [6.45, 7) is 0. The van der Waals surface area contributed by atoms with Crippen molar-refractivity contribution in [2.24, 2.45) is 4.99 Å². The molecule has 0 bridgehead atoms. The molecule has 2 aromatic rings. The Kier molecular flexibility index (Phi) is 6.22. The van der Waals surface area contributed by atoms with E-state index in [1.54, 1.807) is 42.5 Å². The zero-order valence-corrected chi connectivity index (χ0v) is 12.5. The number of halogens is 1. The minimum absolute atomic E-state index is 0. The van der Waals surface area contributed by atoms with Gasteiger partial charge in [0.2, 0.25) is 6.04 Å². The van der Waals surface area contributed by atoms with Gasteiger partial charge in [-0.25, -0.2) is 4.79 Å². The van der Waals surface area contributed by atoms with Gasteiger partial charge in [-0.05, 0) is 18.2 Å². The van der Waals surface area contributed by atoms with Crippen LogP contribution in [0.25, 0.3) is 0 Å². The quantitative estimate of drug-likeness (QED) is 0.466. The number of anilines is 1. The molecule has 0 spiro atoms. The van der Waals surface area contributed by atoms with Crippen LogP contribution in [-0.4, -0.2) is 90.3 Å². The van der Waals surface area contributed by atoms with Crippen LogP contribution in [-0.2, 0) is 4.79 Å². The van der Waals surface area contributed by atoms with Gasteiger partial charge in [0.05, 0.1) is 5.71 Å². The average molecular weight is 373 g/mol. The third-order valence-electron chi connectivity index (χ3n) is 3.48. The third-order valence-corrected chi connectivity index (χ3v) is 3.71. The van der Waals surface area contributed by atoms with E-state index >= 15 is 0 Å². The Labute approximate surface area is 185 Å². The molecule has 0 radical (unpaired) electrons. The van der Waals surface area contributed by atoms with Crippen molar-refractivity contribution < 1.29 is 20.1 Å². The number of hydrogen-bond acceptors (Lipinski definition) is 5. The maximum absolute atomic E-state index is 11.4. The van der Waals surface area contributed by atoms with Gasteiger partial charge in [0.15, 0.2) is 0 Å². The summed E-state index contributed by atoms with van der Waals surface area (Å²) in [7, 11) is 0. The first-order valence-corrected chi connectivity index (χ1v) is 7.15. The number of aliphatic hydroxyl groups is 2. The van der Waals surface area contributed by atoms with Crippen molar-refractivity contribution in [1.82, 2.24) is 0 Å². The van der Waals surface area contributed by atoms with E-state index in [1.165, 1.54) is 0 Å². The molecule has 1 aliphatic rings. The number of aliphatic imine (C=N–C) groups is 1. The number of nitrogens with zero attached hydrogens (tertiary/aromatic N) is 1.